The summed E-state index contributed by atoms with van der Waals surface area (Å²) in [7, 11) is 0. The van der Waals surface area contributed by atoms with Crippen molar-refractivity contribution in [1.82, 2.24) is 0 Å². The normalized spacial score (nSPS) is 20.9. The van der Waals surface area contributed by atoms with Crippen LogP contribution < -0.4 is 4.90 Å². The van der Waals surface area contributed by atoms with Crippen LogP contribution in [0, 0.1) is 0 Å². The van der Waals surface area contributed by atoms with Crippen LogP contribution >= 0.6 is 0 Å². The third-order valence-corrected chi connectivity index (χ3v) is 3.55. The molecule has 1 saturated carbocycles. The molecular weight excluding hydrogens is 186 g/mol. The van der Waals surface area contributed by atoms with Gasteiger partial charge in [-0.2, -0.15) is 0 Å². The maximum absolute atomic E-state index is 12.2. The van der Waals surface area contributed by atoms with Crippen LogP contribution in [0.3, 0.4) is 0 Å². The number of para-hydroxylation sites is 1. The summed E-state index contributed by atoms with van der Waals surface area (Å²) >= 11 is 0. The predicted octanol–water partition coefficient (Wildman–Crippen LogP) is 2.63. The molecule has 1 aromatic carbocycles. The van der Waals surface area contributed by atoms with Crippen LogP contribution in [0.25, 0.3) is 0 Å². The maximum Gasteiger partial charge on any atom is 0.190 e. The first-order valence-electron chi connectivity index (χ1n) is 5.71. The molecule has 0 amide bonds. The van der Waals surface area contributed by atoms with E-state index >= 15 is 0 Å². The minimum Gasteiger partial charge on any atom is -0.358 e. The molecule has 3 rings (SSSR count). The van der Waals surface area contributed by atoms with Gasteiger partial charge in [0.15, 0.2) is 5.78 Å². The van der Waals surface area contributed by atoms with Crippen molar-refractivity contribution >= 4 is 11.5 Å². The Morgan fingerprint density at radius 1 is 1.33 bits per heavy atom. The van der Waals surface area contributed by atoms with E-state index in [-0.39, 0.29) is 5.54 Å². The summed E-state index contributed by atoms with van der Waals surface area (Å²) < 4.78 is 0. The molecule has 78 valence electrons. The number of benzene rings is 1. The highest BCUT2D eigenvalue weighted by Gasteiger charge is 2.59. The summed E-state index contributed by atoms with van der Waals surface area (Å²) in [6, 6.07) is 8.03. The van der Waals surface area contributed by atoms with Crippen LogP contribution in [0.1, 0.15) is 36.5 Å². The van der Waals surface area contributed by atoms with Gasteiger partial charge in [-0.15, -0.1) is 0 Å². The van der Waals surface area contributed by atoms with E-state index in [0.717, 1.165) is 37.1 Å². The summed E-state index contributed by atoms with van der Waals surface area (Å²) in [5, 5.41) is 0. The summed E-state index contributed by atoms with van der Waals surface area (Å²) in [5.74, 6) is 0.353. The second-order valence-electron chi connectivity index (χ2n) is 4.53. The summed E-state index contributed by atoms with van der Waals surface area (Å²) in [6.07, 6.45) is 3.18. The van der Waals surface area contributed by atoms with E-state index in [9.17, 15) is 4.79 Å². The molecule has 2 aliphatic rings. The fraction of sp³-hybridized carbons (Fsp3) is 0.462. The van der Waals surface area contributed by atoms with Gasteiger partial charge in [0.2, 0.25) is 0 Å². The van der Waals surface area contributed by atoms with Gasteiger partial charge in [-0.1, -0.05) is 19.1 Å². The SMILES string of the molecule is CCCN1c2ccccc2C(=O)C12CC2. The topological polar surface area (TPSA) is 20.3 Å². The maximum atomic E-state index is 12.2. The molecule has 1 aliphatic carbocycles. The number of rotatable bonds is 2. The van der Waals surface area contributed by atoms with Crippen molar-refractivity contribution in [3.8, 4) is 0 Å². The van der Waals surface area contributed by atoms with Crippen LogP contribution in [0.15, 0.2) is 24.3 Å². The predicted molar refractivity (Wildman–Crippen MR) is 60.4 cm³/mol. The molecule has 0 N–H and O–H groups in total. The number of hydrogen-bond acceptors (Lipinski definition) is 2. The Labute approximate surface area is 89.9 Å². The Hall–Kier alpha value is -1.31. The van der Waals surface area contributed by atoms with Crippen LogP contribution in [0.2, 0.25) is 0 Å². The number of nitrogens with zero attached hydrogens (tertiary/aromatic N) is 1. The lowest BCUT2D eigenvalue weighted by atomic mass is 10.1. The second-order valence-corrected chi connectivity index (χ2v) is 4.53. The van der Waals surface area contributed by atoms with Crippen LogP contribution in [-0.2, 0) is 0 Å². The minimum absolute atomic E-state index is 0.125. The standard InChI is InChI=1S/C13H15NO/c1-2-9-14-11-6-4-3-5-10(11)12(15)13(14)7-8-13/h3-6H,2,7-9H2,1H3. The first-order valence-corrected chi connectivity index (χ1v) is 5.71. The number of hydrogen-bond donors (Lipinski definition) is 0. The molecule has 2 heteroatoms. The molecule has 0 unspecified atom stereocenters. The Kier molecular flexibility index (Phi) is 1.70. The lowest BCUT2D eigenvalue weighted by Gasteiger charge is -2.25. The molecule has 0 bridgehead atoms. The zero-order valence-electron chi connectivity index (χ0n) is 8.99. The molecule has 15 heavy (non-hydrogen) atoms. The summed E-state index contributed by atoms with van der Waals surface area (Å²) in [5.41, 5.74) is 1.96. The molecular formula is C13H15NO. The van der Waals surface area contributed by atoms with Crippen molar-refractivity contribution in [3.05, 3.63) is 29.8 Å². The molecule has 0 aromatic heterocycles. The molecule has 0 atom stereocenters. The van der Waals surface area contributed by atoms with Crippen molar-refractivity contribution in [2.24, 2.45) is 0 Å². The first-order chi connectivity index (χ1) is 7.29. The number of Topliss-reactive ketones (excluding diaryl/α,β-unsaturated/α-hetero) is 1. The molecule has 2 nitrogen and oxygen atoms in total. The van der Waals surface area contributed by atoms with E-state index in [4.69, 9.17) is 0 Å². The van der Waals surface area contributed by atoms with Crippen LogP contribution in [0.4, 0.5) is 5.69 Å². The number of ketones is 1. The Morgan fingerprint density at radius 2 is 2.07 bits per heavy atom. The first kappa shape index (κ1) is 8.96. The number of carbonyl (C=O) groups excluding carboxylic acids is 1. The zero-order chi connectivity index (χ0) is 10.5. The molecule has 1 spiro atoms. The van der Waals surface area contributed by atoms with Gasteiger partial charge in [-0.3, -0.25) is 4.79 Å². The molecule has 1 heterocycles. The molecule has 1 aromatic rings. The van der Waals surface area contributed by atoms with Crippen molar-refractivity contribution in [2.75, 3.05) is 11.4 Å². The van der Waals surface area contributed by atoms with E-state index in [1.807, 2.05) is 18.2 Å². The van der Waals surface area contributed by atoms with Gasteiger partial charge >= 0.3 is 0 Å². The second kappa shape index (κ2) is 2.84. The average Bonchev–Trinajstić information content (AvgIpc) is 3.02. The van der Waals surface area contributed by atoms with E-state index in [0.29, 0.717) is 5.78 Å². The van der Waals surface area contributed by atoms with Crippen molar-refractivity contribution in [3.63, 3.8) is 0 Å². The molecule has 0 saturated heterocycles. The van der Waals surface area contributed by atoms with Gasteiger partial charge in [-0.25, -0.2) is 0 Å². The van der Waals surface area contributed by atoms with Crippen molar-refractivity contribution in [2.45, 2.75) is 31.7 Å². The quantitative estimate of drug-likeness (QED) is 0.733. The number of anilines is 1. The minimum atomic E-state index is -0.125. The van der Waals surface area contributed by atoms with Gasteiger partial charge in [0.05, 0.1) is 0 Å². The van der Waals surface area contributed by atoms with E-state index < -0.39 is 0 Å². The molecule has 1 aliphatic heterocycles. The van der Waals surface area contributed by atoms with Gasteiger partial charge < -0.3 is 4.90 Å². The Balaban J connectivity index is 2.10. The van der Waals surface area contributed by atoms with Gasteiger partial charge in [-0.05, 0) is 31.4 Å². The Morgan fingerprint density at radius 3 is 2.73 bits per heavy atom. The van der Waals surface area contributed by atoms with Crippen LogP contribution in [-0.4, -0.2) is 17.9 Å². The van der Waals surface area contributed by atoms with Gasteiger partial charge in [0.25, 0.3) is 0 Å². The zero-order valence-corrected chi connectivity index (χ0v) is 8.99. The Bertz CT molecular complexity index is 420. The highest BCUT2D eigenvalue weighted by atomic mass is 16.1. The fourth-order valence-electron chi connectivity index (χ4n) is 2.68. The van der Waals surface area contributed by atoms with E-state index in [2.05, 4.69) is 17.9 Å². The lowest BCUT2D eigenvalue weighted by molar-refractivity contribution is 0.0959. The smallest absolute Gasteiger partial charge is 0.190 e. The third-order valence-electron chi connectivity index (χ3n) is 3.55. The largest absolute Gasteiger partial charge is 0.358 e. The van der Waals surface area contributed by atoms with Gasteiger partial charge in [0, 0.05) is 17.8 Å². The highest BCUT2D eigenvalue weighted by molar-refractivity contribution is 6.15. The third kappa shape index (κ3) is 1.02. The van der Waals surface area contributed by atoms with Crippen LogP contribution in [0.5, 0.6) is 0 Å². The van der Waals surface area contributed by atoms with Gasteiger partial charge in [0.1, 0.15) is 5.54 Å². The lowest BCUT2D eigenvalue weighted by Crippen LogP contribution is -2.38. The summed E-state index contributed by atoms with van der Waals surface area (Å²) in [6.45, 7) is 3.17. The fourth-order valence-corrected chi connectivity index (χ4v) is 2.68. The van der Waals surface area contributed by atoms with E-state index in [1.165, 1.54) is 0 Å². The summed E-state index contributed by atoms with van der Waals surface area (Å²) in [4.78, 5) is 14.5. The average molecular weight is 201 g/mol. The monoisotopic (exact) mass is 201 g/mol. The number of carbonyl (C=O) groups is 1. The molecule has 1 fully saturated rings. The number of fused-ring (bicyclic) bond motifs is 1. The van der Waals surface area contributed by atoms with Crippen molar-refractivity contribution < 1.29 is 4.79 Å². The van der Waals surface area contributed by atoms with Crippen molar-refractivity contribution in [1.29, 1.82) is 0 Å². The molecule has 0 radical (unpaired) electrons. The van der Waals surface area contributed by atoms with E-state index in [1.54, 1.807) is 0 Å². The highest BCUT2D eigenvalue weighted by Crippen LogP contribution is 2.52.